The third-order valence-corrected chi connectivity index (χ3v) is 3.85. The molecule has 2 rings (SSSR count). The quantitative estimate of drug-likeness (QED) is 0.726. The summed E-state index contributed by atoms with van der Waals surface area (Å²) in [6, 6.07) is 6.34. The summed E-state index contributed by atoms with van der Waals surface area (Å²) in [7, 11) is 0. The van der Waals surface area contributed by atoms with Gasteiger partial charge in [0.25, 0.3) is 5.91 Å². The fourth-order valence-electron chi connectivity index (χ4n) is 1.88. The minimum atomic E-state index is -0.384. The van der Waals surface area contributed by atoms with Crippen LogP contribution in [0.15, 0.2) is 24.3 Å². The number of aromatic hydroxyl groups is 1. The molecule has 0 unspecified atom stereocenters. The minimum absolute atomic E-state index is 0.154. The van der Waals surface area contributed by atoms with Crippen LogP contribution >= 0.6 is 23.2 Å². The van der Waals surface area contributed by atoms with E-state index in [9.17, 15) is 9.90 Å². The third-order valence-electron chi connectivity index (χ3n) is 3.22. The Labute approximate surface area is 132 Å². The van der Waals surface area contributed by atoms with Crippen LogP contribution in [0.3, 0.4) is 0 Å². The van der Waals surface area contributed by atoms with Gasteiger partial charge in [-0.15, -0.1) is 0 Å². The zero-order valence-corrected chi connectivity index (χ0v) is 13.0. The Morgan fingerprint density at radius 2 is 1.76 bits per heavy atom. The van der Waals surface area contributed by atoms with Gasteiger partial charge in [0.2, 0.25) is 0 Å². The smallest absolute Gasteiger partial charge is 0.255 e. The number of anilines is 2. The van der Waals surface area contributed by atoms with Crippen LogP contribution in [0, 0.1) is 13.8 Å². The van der Waals surface area contributed by atoms with Crippen LogP contribution in [0.5, 0.6) is 5.75 Å². The highest BCUT2D eigenvalue weighted by Gasteiger charge is 2.14. The van der Waals surface area contributed by atoms with Gasteiger partial charge in [-0.3, -0.25) is 4.79 Å². The van der Waals surface area contributed by atoms with E-state index in [0.717, 1.165) is 5.56 Å². The number of aryl methyl sites for hydroxylation is 1. The highest BCUT2D eigenvalue weighted by molar-refractivity contribution is 6.39. The molecule has 6 heteroatoms. The summed E-state index contributed by atoms with van der Waals surface area (Å²) in [5.41, 5.74) is 8.02. The lowest BCUT2D eigenvalue weighted by Crippen LogP contribution is -2.13. The molecule has 0 fully saturated rings. The lowest BCUT2D eigenvalue weighted by molar-refractivity contribution is 0.102. The van der Waals surface area contributed by atoms with Gasteiger partial charge in [-0.1, -0.05) is 29.3 Å². The number of nitrogens with one attached hydrogen (secondary N) is 1. The van der Waals surface area contributed by atoms with Crippen molar-refractivity contribution in [1.29, 1.82) is 0 Å². The monoisotopic (exact) mass is 324 g/mol. The van der Waals surface area contributed by atoms with Crippen molar-refractivity contribution in [1.82, 2.24) is 0 Å². The largest absolute Gasteiger partial charge is 0.507 e. The van der Waals surface area contributed by atoms with Gasteiger partial charge >= 0.3 is 0 Å². The van der Waals surface area contributed by atoms with Crippen molar-refractivity contribution in [2.24, 2.45) is 0 Å². The van der Waals surface area contributed by atoms with Crippen molar-refractivity contribution >= 4 is 40.5 Å². The number of hydrogen-bond acceptors (Lipinski definition) is 3. The third kappa shape index (κ3) is 3.06. The van der Waals surface area contributed by atoms with E-state index < -0.39 is 0 Å². The molecule has 1 amide bonds. The Hall–Kier alpha value is -1.91. The van der Waals surface area contributed by atoms with Crippen molar-refractivity contribution in [3.05, 3.63) is 51.0 Å². The maximum Gasteiger partial charge on any atom is 0.255 e. The van der Waals surface area contributed by atoms with Crippen molar-refractivity contribution in [2.45, 2.75) is 13.8 Å². The topological polar surface area (TPSA) is 75.4 Å². The molecule has 0 spiro atoms. The lowest BCUT2D eigenvalue weighted by atomic mass is 10.1. The Bertz CT molecular complexity index is 707. The number of amides is 1. The number of nitrogen functional groups attached to an aromatic ring is 1. The zero-order valence-electron chi connectivity index (χ0n) is 11.5. The first-order valence-electron chi connectivity index (χ1n) is 6.16. The first kappa shape index (κ1) is 15.5. The zero-order chi connectivity index (χ0) is 15.7. The van der Waals surface area contributed by atoms with Crippen LogP contribution in [-0.4, -0.2) is 11.0 Å². The summed E-state index contributed by atoms with van der Waals surface area (Å²) in [5, 5.41) is 13.0. The highest BCUT2D eigenvalue weighted by Crippen LogP contribution is 2.31. The predicted molar refractivity (Wildman–Crippen MR) is 86.4 cm³/mol. The second kappa shape index (κ2) is 5.84. The maximum atomic E-state index is 12.2. The van der Waals surface area contributed by atoms with Gasteiger partial charge in [-0.05, 0) is 37.6 Å². The van der Waals surface area contributed by atoms with Crippen molar-refractivity contribution in [3.8, 4) is 5.75 Å². The fourth-order valence-corrected chi connectivity index (χ4v) is 2.37. The first-order valence-corrected chi connectivity index (χ1v) is 6.92. The number of rotatable bonds is 2. The van der Waals surface area contributed by atoms with Crippen molar-refractivity contribution in [2.75, 3.05) is 11.1 Å². The van der Waals surface area contributed by atoms with Gasteiger partial charge in [-0.25, -0.2) is 0 Å². The highest BCUT2D eigenvalue weighted by atomic mass is 35.5. The van der Waals surface area contributed by atoms with Crippen LogP contribution in [0.1, 0.15) is 21.5 Å². The second-order valence-electron chi connectivity index (χ2n) is 4.71. The average molecular weight is 325 g/mol. The molecule has 0 radical (unpaired) electrons. The molecular formula is C15H14Cl2N2O2. The van der Waals surface area contributed by atoms with E-state index in [4.69, 9.17) is 28.9 Å². The van der Waals surface area contributed by atoms with Gasteiger partial charge in [-0.2, -0.15) is 0 Å². The summed E-state index contributed by atoms with van der Waals surface area (Å²) < 4.78 is 0. The average Bonchev–Trinajstić information content (AvgIpc) is 2.44. The molecule has 2 aromatic rings. The number of carbonyl (C=O) groups is 1. The van der Waals surface area contributed by atoms with Crippen LogP contribution < -0.4 is 11.1 Å². The standard InChI is InChI=1S/C15H14Cl2N2O2/c1-7-3-4-12(8(2)14(7)20)19-15(21)9-5-10(16)13(18)11(17)6-9/h3-6,20H,18H2,1-2H3,(H,19,21). The van der Waals surface area contributed by atoms with Gasteiger partial charge in [0, 0.05) is 16.8 Å². The number of carbonyl (C=O) groups excluding carboxylic acids is 1. The molecule has 0 saturated heterocycles. The van der Waals surface area contributed by atoms with Crippen LogP contribution in [0.4, 0.5) is 11.4 Å². The minimum Gasteiger partial charge on any atom is -0.507 e. The van der Waals surface area contributed by atoms with E-state index >= 15 is 0 Å². The van der Waals surface area contributed by atoms with E-state index in [1.807, 2.05) is 0 Å². The number of benzene rings is 2. The van der Waals surface area contributed by atoms with E-state index in [1.165, 1.54) is 12.1 Å². The summed E-state index contributed by atoms with van der Waals surface area (Å²) in [6.07, 6.45) is 0. The summed E-state index contributed by atoms with van der Waals surface area (Å²) in [6.45, 7) is 3.51. The molecule has 2 aromatic carbocycles. The van der Waals surface area contributed by atoms with Crippen LogP contribution in [0.2, 0.25) is 10.0 Å². The molecule has 21 heavy (non-hydrogen) atoms. The Balaban J connectivity index is 2.33. The molecule has 4 N–H and O–H groups in total. The predicted octanol–water partition coefficient (Wildman–Crippen LogP) is 4.15. The summed E-state index contributed by atoms with van der Waals surface area (Å²) in [4.78, 5) is 12.2. The van der Waals surface area contributed by atoms with Crippen molar-refractivity contribution in [3.63, 3.8) is 0 Å². The molecule has 4 nitrogen and oxygen atoms in total. The summed E-state index contributed by atoms with van der Waals surface area (Å²) in [5.74, 6) is -0.230. The SMILES string of the molecule is Cc1ccc(NC(=O)c2cc(Cl)c(N)c(Cl)c2)c(C)c1O. The molecule has 0 aliphatic heterocycles. The number of halogens is 2. The van der Waals surface area contributed by atoms with Crippen molar-refractivity contribution < 1.29 is 9.90 Å². The Morgan fingerprint density at radius 3 is 2.33 bits per heavy atom. The molecule has 110 valence electrons. The number of phenols is 1. The maximum absolute atomic E-state index is 12.2. The van der Waals surface area contributed by atoms with Crippen LogP contribution in [-0.2, 0) is 0 Å². The van der Waals surface area contributed by atoms with Gasteiger partial charge in [0.05, 0.1) is 15.7 Å². The molecule has 0 atom stereocenters. The molecule has 0 heterocycles. The molecule has 0 aliphatic rings. The number of phenolic OH excluding ortho intramolecular Hbond substituents is 1. The lowest BCUT2D eigenvalue weighted by Gasteiger charge is -2.12. The van der Waals surface area contributed by atoms with Crippen LogP contribution in [0.25, 0.3) is 0 Å². The summed E-state index contributed by atoms with van der Waals surface area (Å²) >= 11 is 11.8. The Morgan fingerprint density at radius 1 is 1.19 bits per heavy atom. The number of nitrogens with two attached hydrogens (primary N) is 1. The molecule has 0 aliphatic carbocycles. The van der Waals surface area contributed by atoms with E-state index in [-0.39, 0.29) is 27.4 Å². The molecular weight excluding hydrogens is 311 g/mol. The van der Waals surface area contributed by atoms with E-state index in [0.29, 0.717) is 16.8 Å². The second-order valence-corrected chi connectivity index (χ2v) is 5.53. The molecule has 0 saturated carbocycles. The van der Waals surface area contributed by atoms with Gasteiger partial charge in [0.1, 0.15) is 5.75 Å². The molecule has 0 bridgehead atoms. The normalized spacial score (nSPS) is 10.5. The Kier molecular flexibility index (Phi) is 4.30. The van der Waals surface area contributed by atoms with E-state index in [1.54, 1.807) is 26.0 Å². The van der Waals surface area contributed by atoms with E-state index in [2.05, 4.69) is 5.32 Å². The fraction of sp³-hybridized carbons (Fsp3) is 0.133. The van der Waals surface area contributed by atoms with Gasteiger partial charge in [0.15, 0.2) is 0 Å². The van der Waals surface area contributed by atoms with Gasteiger partial charge < -0.3 is 16.2 Å². The molecule has 0 aromatic heterocycles. The number of hydrogen-bond donors (Lipinski definition) is 3. The first-order chi connectivity index (χ1) is 9.81.